The zero-order valence-corrected chi connectivity index (χ0v) is 17.9. The van der Waals surface area contributed by atoms with Crippen LogP contribution in [0.5, 0.6) is 0 Å². The normalized spacial score (nSPS) is 17.6. The van der Waals surface area contributed by atoms with Crippen molar-refractivity contribution in [3.8, 4) is 0 Å². The van der Waals surface area contributed by atoms with Crippen molar-refractivity contribution in [3.63, 3.8) is 0 Å². The summed E-state index contributed by atoms with van der Waals surface area (Å²) in [5.41, 5.74) is 3.29. The number of fused-ring (bicyclic) bond motifs is 1. The molecule has 2 N–H and O–H groups in total. The summed E-state index contributed by atoms with van der Waals surface area (Å²) in [6.07, 6.45) is 3.49. The number of carbonyl (C=O) groups is 2. The van der Waals surface area contributed by atoms with Crippen molar-refractivity contribution >= 4 is 46.4 Å². The molecule has 6 nitrogen and oxygen atoms in total. The van der Waals surface area contributed by atoms with E-state index in [1.165, 1.54) is 6.20 Å². The number of anilines is 2. The quantitative estimate of drug-likeness (QED) is 0.552. The Balaban J connectivity index is 1.58. The molecule has 0 bridgehead atoms. The van der Waals surface area contributed by atoms with E-state index in [1.54, 1.807) is 35.0 Å². The van der Waals surface area contributed by atoms with E-state index in [0.717, 1.165) is 24.1 Å². The van der Waals surface area contributed by atoms with Gasteiger partial charge in [0.1, 0.15) is 17.4 Å². The molecule has 3 aromatic rings. The van der Waals surface area contributed by atoms with E-state index in [9.17, 15) is 9.59 Å². The summed E-state index contributed by atoms with van der Waals surface area (Å²) in [5, 5.41) is 11.8. The Kier molecular flexibility index (Phi) is 5.04. The Morgan fingerprint density at radius 3 is 2.65 bits per heavy atom. The van der Waals surface area contributed by atoms with E-state index in [4.69, 9.17) is 23.2 Å². The van der Waals surface area contributed by atoms with Gasteiger partial charge in [0.15, 0.2) is 5.78 Å². The van der Waals surface area contributed by atoms with Crippen LogP contribution in [0.1, 0.15) is 41.2 Å². The highest BCUT2D eigenvalue weighted by Crippen LogP contribution is 2.43. The predicted molar refractivity (Wildman–Crippen MR) is 121 cm³/mol. The molecule has 1 atom stereocenters. The van der Waals surface area contributed by atoms with Gasteiger partial charge in [0.2, 0.25) is 0 Å². The van der Waals surface area contributed by atoms with Gasteiger partial charge in [-0.05, 0) is 48.7 Å². The van der Waals surface area contributed by atoms with Crippen LogP contribution < -0.4 is 10.6 Å². The number of hydrogen-bond acceptors (Lipinski definition) is 4. The van der Waals surface area contributed by atoms with E-state index >= 15 is 0 Å². The van der Waals surface area contributed by atoms with Crippen molar-refractivity contribution in [1.29, 1.82) is 0 Å². The molecule has 1 aliphatic heterocycles. The number of ketones is 1. The number of nitrogens with one attached hydrogen (secondary N) is 2. The van der Waals surface area contributed by atoms with Crippen LogP contribution in [0.25, 0.3) is 0 Å². The molecule has 0 fully saturated rings. The van der Waals surface area contributed by atoms with Crippen LogP contribution in [0.2, 0.25) is 10.0 Å². The number of carbonyl (C=O) groups excluding carboxylic acids is 2. The first-order valence-electron chi connectivity index (χ1n) is 9.95. The third kappa shape index (κ3) is 3.52. The zero-order valence-electron chi connectivity index (χ0n) is 16.4. The molecule has 31 heavy (non-hydrogen) atoms. The molecule has 0 radical (unpaired) electrons. The largest absolute Gasteiger partial charge is 0.343 e. The summed E-state index contributed by atoms with van der Waals surface area (Å²) in [7, 11) is 0. The van der Waals surface area contributed by atoms with Gasteiger partial charge in [-0.1, -0.05) is 41.4 Å². The molecule has 2 heterocycles. The minimum Gasteiger partial charge on any atom is -0.343 e. The number of Topliss-reactive ketones (excluding diaryl/α,β-unsaturated/α-hetero) is 1. The van der Waals surface area contributed by atoms with E-state index in [2.05, 4.69) is 15.7 Å². The number of allylic oxidation sites excluding steroid dienone is 2. The van der Waals surface area contributed by atoms with Crippen molar-refractivity contribution in [2.45, 2.75) is 25.3 Å². The first kappa shape index (κ1) is 19.8. The topological polar surface area (TPSA) is 76.0 Å². The van der Waals surface area contributed by atoms with Crippen LogP contribution >= 0.6 is 23.2 Å². The molecule has 1 aliphatic carbocycles. The Labute approximate surface area is 188 Å². The van der Waals surface area contributed by atoms with E-state index in [1.807, 2.05) is 18.2 Å². The van der Waals surface area contributed by atoms with Gasteiger partial charge >= 0.3 is 0 Å². The Morgan fingerprint density at radius 2 is 1.87 bits per heavy atom. The lowest BCUT2D eigenvalue weighted by molar-refractivity contribution is -0.116. The highest BCUT2D eigenvalue weighted by atomic mass is 35.5. The molecule has 156 valence electrons. The molecule has 0 spiro atoms. The average Bonchev–Trinajstić information content (AvgIpc) is 3.18. The molecule has 0 saturated carbocycles. The summed E-state index contributed by atoms with van der Waals surface area (Å²) in [4.78, 5) is 25.9. The zero-order chi connectivity index (χ0) is 21.5. The van der Waals surface area contributed by atoms with E-state index in [-0.39, 0.29) is 11.7 Å². The summed E-state index contributed by atoms with van der Waals surface area (Å²) >= 11 is 12.4. The van der Waals surface area contributed by atoms with Gasteiger partial charge in [0.25, 0.3) is 5.91 Å². The third-order valence-electron chi connectivity index (χ3n) is 5.59. The highest BCUT2D eigenvalue weighted by molar-refractivity contribution is 6.31. The fourth-order valence-corrected chi connectivity index (χ4v) is 4.51. The molecular formula is C23H18Cl2N4O2. The Hall–Kier alpha value is -3.09. The van der Waals surface area contributed by atoms with Crippen molar-refractivity contribution < 1.29 is 9.59 Å². The lowest BCUT2D eigenvalue weighted by Crippen LogP contribution is -2.32. The maximum Gasteiger partial charge on any atom is 0.261 e. The number of halogens is 2. The molecule has 1 amide bonds. The fraction of sp³-hybridized carbons (Fsp3) is 0.174. The maximum atomic E-state index is 13.0. The molecule has 5 rings (SSSR count). The Morgan fingerprint density at radius 1 is 1.10 bits per heavy atom. The average molecular weight is 453 g/mol. The molecule has 8 heteroatoms. The summed E-state index contributed by atoms with van der Waals surface area (Å²) in [6.45, 7) is 0. The molecule has 1 aromatic heterocycles. The smallest absolute Gasteiger partial charge is 0.261 e. The maximum absolute atomic E-state index is 13.0. The second kappa shape index (κ2) is 7.87. The van der Waals surface area contributed by atoms with Crippen LogP contribution in [0.3, 0.4) is 0 Å². The van der Waals surface area contributed by atoms with Crippen LogP contribution in [0, 0.1) is 0 Å². The minimum absolute atomic E-state index is 0.0759. The summed E-state index contributed by atoms with van der Waals surface area (Å²) in [6, 6.07) is 13.8. The number of benzene rings is 2. The van der Waals surface area contributed by atoms with Crippen LogP contribution in [0.4, 0.5) is 11.5 Å². The van der Waals surface area contributed by atoms with Gasteiger partial charge in [0, 0.05) is 33.4 Å². The number of amides is 1. The standard InChI is InChI=1S/C23H18Cl2N4O2/c24-13-8-10-14(11-9-13)27-23(31)16-12-26-29-21(15-4-1-2-5-17(15)25)20-18(28-22(16)29)6-3-7-19(20)30/h1-2,4-5,8-12,21,28H,3,6-7H2,(H,27,31). The second-order valence-electron chi connectivity index (χ2n) is 7.53. The number of hydrogen-bond donors (Lipinski definition) is 2. The molecular weight excluding hydrogens is 435 g/mol. The van der Waals surface area contributed by atoms with Gasteiger partial charge in [0.05, 0.1) is 6.20 Å². The lowest BCUT2D eigenvalue weighted by atomic mass is 9.85. The van der Waals surface area contributed by atoms with Gasteiger partial charge < -0.3 is 10.6 Å². The number of nitrogens with zero attached hydrogens (tertiary/aromatic N) is 2. The molecule has 2 aliphatic rings. The number of rotatable bonds is 3. The predicted octanol–water partition coefficient (Wildman–Crippen LogP) is 5.46. The Bertz CT molecular complexity index is 1230. The second-order valence-corrected chi connectivity index (χ2v) is 8.37. The third-order valence-corrected chi connectivity index (χ3v) is 6.18. The van der Waals surface area contributed by atoms with Crippen molar-refractivity contribution in [2.75, 3.05) is 10.6 Å². The van der Waals surface area contributed by atoms with Crippen LogP contribution in [0.15, 0.2) is 66.0 Å². The van der Waals surface area contributed by atoms with Gasteiger partial charge in [-0.15, -0.1) is 0 Å². The van der Waals surface area contributed by atoms with Crippen molar-refractivity contribution in [3.05, 3.63) is 87.2 Å². The van der Waals surface area contributed by atoms with Gasteiger partial charge in [-0.25, -0.2) is 4.68 Å². The summed E-state index contributed by atoms with van der Waals surface area (Å²) in [5.74, 6) is 0.317. The molecule has 0 saturated heterocycles. The summed E-state index contributed by atoms with van der Waals surface area (Å²) < 4.78 is 1.68. The van der Waals surface area contributed by atoms with E-state index < -0.39 is 6.04 Å². The van der Waals surface area contributed by atoms with Crippen LogP contribution in [-0.2, 0) is 4.79 Å². The number of aromatic nitrogens is 2. The lowest BCUT2D eigenvalue weighted by Gasteiger charge is -2.33. The highest BCUT2D eigenvalue weighted by Gasteiger charge is 2.38. The van der Waals surface area contributed by atoms with Gasteiger partial charge in [-0.2, -0.15) is 5.10 Å². The van der Waals surface area contributed by atoms with Crippen molar-refractivity contribution in [1.82, 2.24) is 9.78 Å². The van der Waals surface area contributed by atoms with Crippen LogP contribution in [-0.4, -0.2) is 21.5 Å². The SMILES string of the molecule is O=C1CCCC2=C1C(c1ccccc1Cl)n1ncc(C(=O)Nc3ccc(Cl)cc3)c1N2. The minimum atomic E-state index is -0.482. The van der Waals surface area contributed by atoms with E-state index in [0.29, 0.717) is 39.1 Å². The first-order valence-corrected chi connectivity index (χ1v) is 10.7. The fourth-order valence-electron chi connectivity index (χ4n) is 4.14. The monoisotopic (exact) mass is 452 g/mol. The van der Waals surface area contributed by atoms with Crippen molar-refractivity contribution in [2.24, 2.45) is 0 Å². The van der Waals surface area contributed by atoms with Gasteiger partial charge in [-0.3, -0.25) is 9.59 Å². The first-order chi connectivity index (χ1) is 15.0. The molecule has 1 unspecified atom stereocenters. The molecule has 2 aromatic carbocycles.